The molecule has 2 aromatic carbocycles. The zero-order valence-corrected chi connectivity index (χ0v) is 11.6. The molecule has 0 unspecified atom stereocenters. The summed E-state index contributed by atoms with van der Waals surface area (Å²) < 4.78 is 25.9. The predicted molar refractivity (Wildman–Crippen MR) is 80.2 cm³/mol. The lowest BCUT2D eigenvalue weighted by molar-refractivity contribution is 0.627. The molecule has 0 aliphatic carbocycles. The average Bonchev–Trinajstić information content (AvgIpc) is 2.46. The molecule has 0 fully saturated rings. The Balaban J connectivity index is 2.31. The van der Waals surface area contributed by atoms with Gasteiger partial charge in [0.05, 0.1) is 0 Å². The van der Waals surface area contributed by atoms with E-state index in [4.69, 9.17) is 0 Å². The number of rotatable bonds is 5. The number of benzene rings is 2. The smallest absolute Gasteiger partial charge is 0.123 e. The first-order chi connectivity index (χ1) is 9.69. The van der Waals surface area contributed by atoms with Crippen LogP contribution in [0.1, 0.15) is 37.3 Å². The van der Waals surface area contributed by atoms with Crippen LogP contribution in [0.25, 0.3) is 11.6 Å². The van der Waals surface area contributed by atoms with Gasteiger partial charge in [-0.2, -0.15) is 0 Å². The van der Waals surface area contributed by atoms with Crippen LogP contribution in [0.4, 0.5) is 8.78 Å². The highest BCUT2D eigenvalue weighted by molar-refractivity contribution is 5.81. The third kappa shape index (κ3) is 4.02. The van der Waals surface area contributed by atoms with Gasteiger partial charge in [0.1, 0.15) is 11.6 Å². The zero-order chi connectivity index (χ0) is 14.4. The van der Waals surface area contributed by atoms with E-state index in [1.807, 2.05) is 6.08 Å². The highest BCUT2D eigenvalue weighted by atomic mass is 19.1. The summed E-state index contributed by atoms with van der Waals surface area (Å²) in [5, 5.41) is 0. The fourth-order valence-electron chi connectivity index (χ4n) is 2.09. The molecule has 0 N–H and O–H groups in total. The van der Waals surface area contributed by atoms with Gasteiger partial charge < -0.3 is 0 Å². The van der Waals surface area contributed by atoms with E-state index in [2.05, 4.69) is 6.92 Å². The fraction of sp³-hybridized carbons (Fsp3) is 0.222. The second kappa shape index (κ2) is 6.99. The largest absolute Gasteiger partial charge is 0.207 e. The molecule has 0 aliphatic heterocycles. The average molecular weight is 272 g/mol. The molecule has 0 saturated heterocycles. The van der Waals surface area contributed by atoms with Crippen LogP contribution in [0.5, 0.6) is 0 Å². The molecule has 2 heteroatoms. The first kappa shape index (κ1) is 14.4. The predicted octanol–water partition coefficient (Wildman–Crippen LogP) is 5.70. The minimum absolute atomic E-state index is 0.231. The van der Waals surface area contributed by atoms with E-state index in [9.17, 15) is 8.78 Å². The Labute approximate surface area is 118 Å². The van der Waals surface area contributed by atoms with Gasteiger partial charge in [-0.3, -0.25) is 0 Å². The molecule has 0 atom stereocenters. The van der Waals surface area contributed by atoms with E-state index in [-0.39, 0.29) is 11.6 Å². The van der Waals surface area contributed by atoms with Crippen LogP contribution in [-0.2, 0) is 0 Å². The molecule has 0 spiro atoms. The molecule has 2 aromatic rings. The van der Waals surface area contributed by atoms with Gasteiger partial charge in [0.25, 0.3) is 0 Å². The van der Waals surface area contributed by atoms with Crippen molar-refractivity contribution in [2.24, 2.45) is 0 Å². The van der Waals surface area contributed by atoms with E-state index in [1.54, 1.807) is 24.3 Å². The van der Waals surface area contributed by atoms with E-state index >= 15 is 0 Å². The highest BCUT2D eigenvalue weighted by Gasteiger charge is 2.03. The summed E-state index contributed by atoms with van der Waals surface area (Å²) in [6.45, 7) is 2.14. The van der Waals surface area contributed by atoms with Crippen LogP contribution >= 0.6 is 0 Å². The Morgan fingerprint density at radius 3 is 2.00 bits per heavy atom. The Bertz CT molecular complexity index is 565. The lowest BCUT2D eigenvalue weighted by Gasteiger charge is -2.08. The van der Waals surface area contributed by atoms with Gasteiger partial charge in [-0.05, 0) is 53.8 Å². The van der Waals surface area contributed by atoms with Crippen molar-refractivity contribution in [3.8, 4) is 0 Å². The summed E-state index contributed by atoms with van der Waals surface area (Å²) in [6, 6.07) is 12.9. The molecule has 2 rings (SSSR count). The zero-order valence-electron chi connectivity index (χ0n) is 11.6. The summed E-state index contributed by atoms with van der Waals surface area (Å²) in [6.07, 6.45) is 5.15. The van der Waals surface area contributed by atoms with E-state index in [0.29, 0.717) is 0 Å². The van der Waals surface area contributed by atoms with Crippen LogP contribution in [0.2, 0.25) is 0 Å². The summed E-state index contributed by atoms with van der Waals surface area (Å²) in [5.41, 5.74) is 3.13. The van der Waals surface area contributed by atoms with Gasteiger partial charge in [0.15, 0.2) is 0 Å². The van der Waals surface area contributed by atoms with Gasteiger partial charge in [-0.25, -0.2) is 8.78 Å². The first-order valence-electron chi connectivity index (χ1n) is 6.91. The quantitative estimate of drug-likeness (QED) is 0.613. The Kier molecular flexibility index (Phi) is 5.05. The second-order valence-electron chi connectivity index (χ2n) is 4.83. The second-order valence-corrected chi connectivity index (χ2v) is 4.83. The van der Waals surface area contributed by atoms with Crippen LogP contribution in [-0.4, -0.2) is 0 Å². The van der Waals surface area contributed by atoms with Crippen molar-refractivity contribution in [2.75, 3.05) is 0 Å². The lowest BCUT2D eigenvalue weighted by Crippen LogP contribution is -1.87. The topological polar surface area (TPSA) is 0 Å². The molecule has 0 bridgehead atoms. The number of halogens is 2. The van der Waals surface area contributed by atoms with Gasteiger partial charge in [0.2, 0.25) is 0 Å². The van der Waals surface area contributed by atoms with Gasteiger partial charge in [-0.1, -0.05) is 43.7 Å². The van der Waals surface area contributed by atoms with Gasteiger partial charge in [-0.15, -0.1) is 0 Å². The third-order valence-electron chi connectivity index (χ3n) is 3.23. The van der Waals surface area contributed by atoms with E-state index in [0.717, 1.165) is 36.0 Å². The summed E-state index contributed by atoms with van der Waals surface area (Å²) >= 11 is 0. The fourth-order valence-corrected chi connectivity index (χ4v) is 2.09. The molecule has 20 heavy (non-hydrogen) atoms. The Hall–Kier alpha value is -1.96. The molecule has 0 aliphatic rings. The van der Waals surface area contributed by atoms with Crippen molar-refractivity contribution < 1.29 is 8.78 Å². The van der Waals surface area contributed by atoms with Crippen LogP contribution in [0, 0.1) is 11.6 Å². The van der Waals surface area contributed by atoms with Gasteiger partial charge in [0, 0.05) is 0 Å². The number of unbranched alkanes of at least 4 members (excludes halogenated alkanes) is 1. The highest BCUT2D eigenvalue weighted by Crippen LogP contribution is 2.24. The molecule has 104 valence electrons. The van der Waals surface area contributed by atoms with Crippen molar-refractivity contribution in [3.05, 3.63) is 71.3 Å². The van der Waals surface area contributed by atoms with Crippen LogP contribution in [0.3, 0.4) is 0 Å². The SMILES string of the molecule is CCCC/C(=C\c1ccc(F)cc1)c1ccc(F)cc1. The van der Waals surface area contributed by atoms with Crippen molar-refractivity contribution in [1.29, 1.82) is 0 Å². The summed E-state index contributed by atoms with van der Waals surface area (Å²) in [4.78, 5) is 0. The molecule has 0 amide bonds. The molecule has 0 aromatic heterocycles. The summed E-state index contributed by atoms with van der Waals surface area (Å²) in [7, 11) is 0. The number of allylic oxidation sites excluding steroid dienone is 1. The minimum atomic E-state index is -0.237. The monoisotopic (exact) mass is 272 g/mol. The number of hydrogen-bond acceptors (Lipinski definition) is 0. The Morgan fingerprint density at radius 1 is 0.900 bits per heavy atom. The number of hydrogen-bond donors (Lipinski definition) is 0. The Morgan fingerprint density at radius 2 is 1.45 bits per heavy atom. The van der Waals surface area contributed by atoms with Crippen LogP contribution < -0.4 is 0 Å². The standard InChI is InChI=1S/C18H18F2/c1-2-3-4-16(15-7-11-18(20)12-8-15)13-14-5-9-17(19)10-6-14/h5-13H,2-4H2,1H3/b16-13+. The maximum absolute atomic E-state index is 13.0. The van der Waals surface area contributed by atoms with E-state index < -0.39 is 0 Å². The van der Waals surface area contributed by atoms with Crippen molar-refractivity contribution in [2.45, 2.75) is 26.2 Å². The molecule has 0 saturated carbocycles. The lowest BCUT2D eigenvalue weighted by atomic mass is 9.98. The molecular formula is C18H18F2. The molecular weight excluding hydrogens is 254 g/mol. The molecule has 0 heterocycles. The van der Waals surface area contributed by atoms with Crippen LogP contribution in [0.15, 0.2) is 48.5 Å². The first-order valence-corrected chi connectivity index (χ1v) is 6.91. The van der Waals surface area contributed by atoms with Crippen molar-refractivity contribution >= 4 is 11.6 Å². The third-order valence-corrected chi connectivity index (χ3v) is 3.23. The molecule has 0 nitrogen and oxygen atoms in total. The maximum Gasteiger partial charge on any atom is 0.123 e. The van der Waals surface area contributed by atoms with Crippen molar-refractivity contribution in [1.82, 2.24) is 0 Å². The minimum Gasteiger partial charge on any atom is -0.207 e. The van der Waals surface area contributed by atoms with Gasteiger partial charge >= 0.3 is 0 Å². The van der Waals surface area contributed by atoms with Crippen molar-refractivity contribution in [3.63, 3.8) is 0 Å². The summed E-state index contributed by atoms with van der Waals surface area (Å²) in [5.74, 6) is -0.468. The normalized spacial score (nSPS) is 11.7. The molecule has 0 radical (unpaired) electrons. The van der Waals surface area contributed by atoms with E-state index in [1.165, 1.54) is 24.3 Å². The maximum atomic E-state index is 13.0.